The molecule has 6 nitrogen and oxygen atoms in total. The lowest BCUT2D eigenvalue weighted by Crippen LogP contribution is -2.55. The van der Waals surface area contributed by atoms with E-state index in [1.807, 2.05) is 0 Å². The third-order valence-corrected chi connectivity index (χ3v) is 3.30. The molecule has 1 rings (SSSR count). The summed E-state index contributed by atoms with van der Waals surface area (Å²) in [7, 11) is 0. The third kappa shape index (κ3) is 4.08. The largest absolute Gasteiger partial charge is 0.480 e. The second-order valence-electron chi connectivity index (χ2n) is 5.22. The molecule has 0 spiro atoms. The Morgan fingerprint density at radius 2 is 1.86 bits per heavy atom. The molecule has 1 fully saturated rings. The molecule has 1 aliphatic rings. The molecule has 0 aromatic heterocycles. The van der Waals surface area contributed by atoms with E-state index in [0.29, 0.717) is 6.42 Å². The normalized spacial score (nSPS) is 20.5. The highest BCUT2D eigenvalue weighted by Gasteiger charge is 2.44. The molecule has 0 aliphatic carbocycles. The topological polar surface area (TPSA) is 86.7 Å². The average molecular weight is 310 g/mol. The van der Waals surface area contributed by atoms with Crippen molar-refractivity contribution in [1.82, 2.24) is 10.2 Å². The molecule has 2 amide bonds. The fraction of sp³-hybridized carbons (Fsp3) is 0.750. The van der Waals surface area contributed by atoms with Crippen molar-refractivity contribution in [3.8, 4) is 0 Å². The Morgan fingerprint density at radius 1 is 1.29 bits per heavy atom. The Labute approximate surface area is 119 Å². The second kappa shape index (κ2) is 6.31. The second-order valence-corrected chi connectivity index (χ2v) is 5.22. The SMILES string of the molecule is CC(C)[C@H](NC(=O)C(F)(F)F)C(=O)N1CCC[C@H]1C(=O)O. The monoisotopic (exact) mass is 310 g/mol. The van der Waals surface area contributed by atoms with Gasteiger partial charge in [-0.05, 0) is 18.8 Å². The van der Waals surface area contributed by atoms with E-state index in [1.165, 1.54) is 13.8 Å². The molecule has 0 aromatic rings. The summed E-state index contributed by atoms with van der Waals surface area (Å²) < 4.78 is 36.9. The molecule has 0 unspecified atom stereocenters. The van der Waals surface area contributed by atoms with Crippen molar-refractivity contribution >= 4 is 17.8 Å². The van der Waals surface area contributed by atoms with E-state index in [-0.39, 0.29) is 13.0 Å². The van der Waals surface area contributed by atoms with Gasteiger partial charge in [0.25, 0.3) is 0 Å². The van der Waals surface area contributed by atoms with Crippen LogP contribution < -0.4 is 5.32 Å². The summed E-state index contributed by atoms with van der Waals surface area (Å²) in [6.07, 6.45) is -4.38. The Morgan fingerprint density at radius 3 is 2.29 bits per heavy atom. The molecule has 120 valence electrons. The van der Waals surface area contributed by atoms with Gasteiger partial charge >= 0.3 is 18.1 Å². The van der Waals surface area contributed by atoms with Crippen molar-refractivity contribution in [3.05, 3.63) is 0 Å². The Hall–Kier alpha value is -1.80. The zero-order valence-electron chi connectivity index (χ0n) is 11.6. The number of amides is 2. The van der Waals surface area contributed by atoms with Crippen molar-refractivity contribution in [2.24, 2.45) is 5.92 Å². The quantitative estimate of drug-likeness (QED) is 0.803. The molecular formula is C12H17F3N2O4. The zero-order chi connectivity index (χ0) is 16.4. The maximum Gasteiger partial charge on any atom is 0.471 e. The molecule has 2 N–H and O–H groups in total. The number of hydrogen-bond acceptors (Lipinski definition) is 3. The van der Waals surface area contributed by atoms with Gasteiger partial charge in [0.2, 0.25) is 5.91 Å². The van der Waals surface area contributed by atoms with E-state index in [0.717, 1.165) is 4.90 Å². The van der Waals surface area contributed by atoms with Crippen LogP contribution >= 0.6 is 0 Å². The van der Waals surface area contributed by atoms with Crippen molar-refractivity contribution < 1.29 is 32.7 Å². The van der Waals surface area contributed by atoms with E-state index in [2.05, 4.69) is 0 Å². The van der Waals surface area contributed by atoms with Gasteiger partial charge in [0, 0.05) is 6.54 Å². The minimum Gasteiger partial charge on any atom is -0.480 e. The zero-order valence-corrected chi connectivity index (χ0v) is 11.6. The highest BCUT2D eigenvalue weighted by molar-refractivity contribution is 5.92. The maximum absolute atomic E-state index is 12.3. The van der Waals surface area contributed by atoms with Crippen LogP contribution in [0, 0.1) is 5.92 Å². The van der Waals surface area contributed by atoms with Gasteiger partial charge in [-0.15, -0.1) is 0 Å². The van der Waals surface area contributed by atoms with E-state index in [1.54, 1.807) is 5.32 Å². The number of carboxylic acids is 1. The number of nitrogens with one attached hydrogen (secondary N) is 1. The van der Waals surface area contributed by atoms with Crippen LogP contribution in [0.4, 0.5) is 13.2 Å². The van der Waals surface area contributed by atoms with Crippen molar-refractivity contribution in [2.75, 3.05) is 6.54 Å². The maximum atomic E-state index is 12.3. The first-order valence-electron chi connectivity index (χ1n) is 6.46. The van der Waals surface area contributed by atoms with Gasteiger partial charge in [-0.2, -0.15) is 13.2 Å². The highest BCUT2D eigenvalue weighted by Crippen LogP contribution is 2.21. The third-order valence-electron chi connectivity index (χ3n) is 3.30. The predicted octanol–water partition coefficient (Wildman–Crippen LogP) is 0.765. The van der Waals surface area contributed by atoms with Crippen molar-refractivity contribution in [2.45, 2.75) is 44.9 Å². The number of nitrogens with zero attached hydrogens (tertiary/aromatic N) is 1. The first-order valence-corrected chi connectivity index (χ1v) is 6.46. The Kier molecular flexibility index (Phi) is 5.19. The molecule has 0 bridgehead atoms. The molecule has 1 heterocycles. The van der Waals surface area contributed by atoms with Gasteiger partial charge in [0.05, 0.1) is 0 Å². The minimum atomic E-state index is -5.09. The van der Waals surface area contributed by atoms with Crippen molar-refractivity contribution in [3.63, 3.8) is 0 Å². The fourth-order valence-corrected chi connectivity index (χ4v) is 2.20. The number of halogens is 3. The van der Waals surface area contributed by atoms with Crippen LogP contribution in [-0.2, 0) is 14.4 Å². The van der Waals surface area contributed by atoms with Gasteiger partial charge in [-0.1, -0.05) is 13.8 Å². The van der Waals surface area contributed by atoms with Gasteiger partial charge in [-0.25, -0.2) is 4.79 Å². The van der Waals surface area contributed by atoms with Crippen LogP contribution in [0.1, 0.15) is 26.7 Å². The summed E-state index contributed by atoms with van der Waals surface area (Å²) in [5.41, 5.74) is 0. The number of carbonyl (C=O) groups is 3. The van der Waals surface area contributed by atoms with Crippen molar-refractivity contribution in [1.29, 1.82) is 0 Å². The number of hydrogen-bond donors (Lipinski definition) is 2. The Balaban J connectivity index is 2.88. The lowest BCUT2D eigenvalue weighted by atomic mass is 10.0. The Bertz CT molecular complexity index is 437. The standard InChI is InChI=1S/C12H17F3N2O4/c1-6(2)8(16-11(21)12(13,14)15)9(18)17-5-3-4-7(17)10(19)20/h6-8H,3-5H2,1-2H3,(H,16,21)(H,19,20)/t7-,8-/m0/s1. The molecule has 0 aromatic carbocycles. The molecule has 1 saturated heterocycles. The average Bonchev–Trinajstić information content (AvgIpc) is 2.82. The summed E-state index contributed by atoms with van der Waals surface area (Å²) in [6, 6.07) is -2.46. The summed E-state index contributed by atoms with van der Waals surface area (Å²) in [5, 5.41) is 10.6. The van der Waals surface area contributed by atoms with Gasteiger partial charge in [-0.3, -0.25) is 9.59 Å². The number of likely N-dealkylation sites (tertiary alicyclic amines) is 1. The van der Waals surface area contributed by atoms with Gasteiger partial charge in [0.15, 0.2) is 0 Å². The summed E-state index contributed by atoms with van der Waals surface area (Å²) >= 11 is 0. The summed E-state index contributed by atoms with van der Waals surface area (Å²) in [6.45, 7) is 3.11. The molecule has 0 radical (unpaired) electrons. The fourth-order valence-electron chi connectivity index (χ4n) is 2.20. The highest BCUT2D eigenvalue weighted by atomic mass is 19.4. The van der Waals surface area contributed by atoms with Gasteiger partial charge in [0.1, 0.15) is 12.1 Å². The van der Waals surface area contributed by atoms with Crippen LogP contribution in [-0.4, -0.2) is 52.6 Å². The molecular weight excluding hydrogens is 293 g/mol. The lowest BCUT2D eigenvalue weighted by Gasteiger charge is -2.29. The number of carbonyl (C=O) groups excluding carboxylic acids is 2. The van der Waals surface area contributed by atoms with Gasteiger partial charge < -0.3 is 15.3 Å². The molecule has 1 aliphatic heterocycles. The number of carboxylic acid groups (broad SMARTS) is 1. The van der Waals surface area contributed by atoms with Crippen LogP contribution in [0.15, 0.2) is 0 Å². The summed E-state index contributed by atoms with van der Waals surface area (Å²) in [4.78, 5) is 35.3. The molecule has 9 heteroatoms. The molecule has 2 atom stereocenters. The number of rotatable bonds is 4. The van der Waals surface area contributed by atoms with Crippen LogP contribution in [0.5, 0.6) is 0 Å². The molecule has 21 heavy (non-hydrogen) atoms. The first-order chi connectivity index (χ1) is 9.55. The first kappa shape index (κ1) is 17.3. The number of alkyl halides is 3. The smallest absolute Gasteiger partial charge is 0.471 e. The van der Waals surface area contributed by atoms with E-state index in [4.69, 9.17) is 5.11 Å². The predicted molar refractivity (Wildman–Crippen MR) is 65.2 cm³/mol. The number of aliphatic carboxylic acids is 1. The molecule has 0 saturated carbocycles. The lowest BCUT2D eigenvalue weighted by molar-refractivity contribution is -0.175. The van der Waals surface area contributed by atoms with Crippen LogP contribution in [0.25, 0.3) is 0 Å². The van der Waals surface area contributed by atoms with Crippen LogP contribution in [0.2, 0.25) is 0 Å². The summed E-state index contributed by atoms with van der Waals surface area (Å²) in [5.74, 6) is -4.81. The minimum absolute atomic E-state index is 0.154. The van der Waals surface area contributed by atoms with E-state index < -0.39 is 42.0 Å². The van der Waals surface area contributed by atoms with E-state index >= 15 is 0 Å². The van der Waals surface area contributed by atoms with E-state index in [9.17, 15) is 27.6 Å². The van der Waals surface area contributed by atoms with Crippen LogP contribution in [0.3, 0.4) is 0 Å².